The van der Waals surface area contributed by atoms with Gasteiger partial charge in [0, 0.05) is 11.4 Å². The summed E-state index contributed by atoms with van der Waals surface area (Å²) in [5.74, 6) is -0.841. The summed E-state index contributed by atoms with van der Waals surface area (Å²) in [4.78, 5) is 24.2. The molecule has 22 heavy (non-hydrogen) atoms. The van der Waals surface area contributed by atoms with Gasteiger partial charge in [0.25, 0.3) is 5.91 Å². The van der Waals surface area contributed by atoms with Crippen molar-refractivity contribution in [2.45, 2.75) is 44.8 Å². The quantitative estimate of drug-likeness (QED) is 0.848. The van der Waals surface area contributed by atoms with Crippen LogP contribution in [0, 0.1) is 0 Å². The second kappa shape index (κ2) is 6.17. The molecule has 3 rings (SSSR count). The minimum absolute atomic E-state index is 0.205. The Morgan fingerprint density at radius 2 is 2.05 bits per heavy atom. The number of amides is 1. The smallest absolute Gasteiger partial charge is 0.360 e. The first-order chi connectivity index (χ1) is 10.6. The maximum Gasteiger partial charge on any atom is 0.360 e. The summed E-state index contributed by atoms with van der Waals surface area (Å²) >= 11 is 0. The molecule has 1 saturated carbocycles. The molecule has 2 N–H and O–H groups in total. The van der Waals surface area contributed by atoms with Gasteiger partial charge in [-0.1, -0.05) is 31.0 Å². The Morgan fingerprint density at radius 1 is 1.32 bits per heavy atom. The molecule has 0 spiro atoms. The molecule has 1 atom stereocenters. The highest BCUT2D eigenvalue weighted by Crippen LogP contribution is 2.19. The number of carbonyl (C=O) groups excluding carboxylic acids is 2. The van der Waals surface area contributed by atoms with Crippen LogP contribution in [0.5, 0.6) is 0 Å². The molecule has 1 unspecified atom stereocenters. The lowest BCUT2D eigenvalue weighted by molar-refractivity contribution is -0.129. The first-order valence-corrected chi connectivity index (χ1v) is 7.59. The molecule has 6 nitrogen and oxygen atoms in total. The summed E-state index contributed by atoms with van der Waals surface area (Å²) in [5, 5.41) is 10.4. The lowest BCUT2D eigenvalue weighted by Gasteiger charge is -2.16. The number of fused-ring (bicyclic) bond motifs is 1. The molecule has 1 heterocycles. The van der Waals surface area contributed by atoms with Crippen molar-refractivity contribution in [1.82, 2.24) is 15.5 Å². The molecule has 1 fully saturated rings. The van der Waals surface area contributed by atoms with Crippen LogP contribution in [0.15, 0.2) is 24.3 Å². The van der Waals surface area contributed by atoms with Crippen LogP contribution < -0.4 is 5.32 Å². The van der Waals surface area contributed by atoms with Gasteiger partial charge in [0.2, 0.25) is 0 Å². The van der Waals surface area contributed by atoms with Crippen LogP contribution in [0.4, 0.5) is 0 Å². The average Bonchev–Trinajstić information content (AvgIpc) is 3.15. The van der Waals surface area contributed by atoms with E-state index in [0.29, 0.717) is 5.39 Å². The normalized spacial score (nSPS) is 16.6. The molecule has 1 aromatic heterocycles. The molecule has 0 bridgehead atoms. The molecule has 1 amide bonds. The Morgan fingerprint density at radius 3 is 2.82 bits per heavy atom. The molecule has 116 valence electrons. The monoisotopic (exact) mass is 301 g/mol. The number of nitrogens with zero attached hydrogens (tertiary/aromatic N) is 1. The van der Waals surface area contributed by atoms with E-state index in [0.717, 1.165) is 31.2 Å². The number of hydrogen-bond acceptors (Lipinski definition) is 4. The molecule has 0 saturated heterocycles. The van der Waals surface area contributed by atoms with Crippen LogP contribution in [0.2, 0.25) is 0 Å². The highest BCUT2D eigenvalue weighted by molar-refractivity contribution is 6.02. The van der Waals surface area contributed by atoms with Gasteiger partial charge in [-0.2, -0.15) is 5.10 Å². The highest BCUT2D eigenvalue weighted by Gasteiger charge is 2.25. The Balaban J connectivity index is 1.64. The van der Waals surface area contributed by atoms with Gasteiger partial charge in [-0.15, -0.1) is 0 Å². The zero-order valence-electron chi connectivity index (χ0n) is 12.5. The number of nitrogens with one attached hydrogen (secondary N) is 2. The standard InChI is InChI=1S/C16H19N3O3/c1-10(15(20)17-11-6-2-3-7-11)22-16(21)14-12-8-4-5-9-13(12)18-19-14/h4-5,8-11H,2-3,6-7H2,1H3,(H,17,20)(H,18,19). The zero-order chi connectivity index (χ0) is 15.5. The Hall–Kier alpha value is -2.37. The Kier molecular flexibility index (Phi) is 4.09. The molecule has 2 aromatic rings. The molecule has 1 aromatic carbocycles. The van der Waals surface area contributed by atoms with Gasteiger partial charge >= 0.3 is 5.97 Å². The molecular formula is C16H19N3O3. The summed E-state index contributed by atoms with van der Waals surface area (Å²) in [7, 11) is 0. The van der Waals surface area contributed by atoms with E-state index in [-0.39, 0.29) is 17.6 Å². The van der Waals surface area contributed by atoms with Crippen molar-refractivity contribution in [3.8, 4) is 0 Å². The van der Waals surface area contributed by atoms with Gasteiger partial charge in [-0.25, -0.2) is 4.79 Å². The lowest BCUT2D eigenvalue weighted by atomic mass is 10.2. The van der Waals surface area contributed by atoms with Crippen LogP contribution >= 0.6 is 0 Å². The van der Waals surface area contributed by atoms with Crippen LogP contribution in [0.25, 0.3) is 10.9 Å². The number of rotatable bonds is 4. The fraction of sp³-hybridized carbons (Fsp3) is 0.438. The van der Waals surface area contributed by atoms with E-state index in [9.17, 15) is 9.59 Å². The number of ether oxygens (including phenoxy) is 1. The number of hydrogen-bond donors (Lipinski definition) is 2. The third kappa shape index (κ3) is 2.95. The van der Waals surface area contributed by atoms with E-state index >= 15 is 0 Å². The summed E-state index contributed by atoms with van der Waals surface area (Å²) in [5.41, 5.74) is 0.966. The highest BCUT2D eigenvalue weighted by atomic mass is 16.5. The van der Waals surface area contributed by atoms with Gasteiger partial charge in [0.15, 0.2) is 11.8 Å². The predicted octanol–water partition coefficient (Wildman–Crippen LogP) is 2.17. The van der Waals surface area contributed by atoms with Gasteiger partial charge in [-0.05, 0) is 25.8 Å². The number of H-pyrrole nitrogens is 1. The minimum Gasteiger partial charge on any atom is -0.448 e. The average molecular weight is 301 g/mol. The number of aromatic nitrogens is 2. The second-order valence-corrected chi connectivity index (χ2v) is 5.66. The first kappa shape index (κ1) is 14.6. The molecule has 0 aliphatic heterocycles. The topological polar surface area (TPSA) is 84.1 Å². The SMILES string of the molecule is CC(OC(=O)c1n[nH]c2ccccc12)C(=O)NC1CCCC1. The number of benzene rings is 1. The molecule has 1 aliphatic carbocycles. The van der Waals surface area contributed by atoms with E-state index < -0.39 is 12.1 Å². The fourth-order valence-corrected chi connectivity index (χ4v) is 2.78. The van der Waals surface area contributed by atoms with Gasteiger partial charge in [0.1, 0.15) is 0 Å². The number of para-hydroxylation sites is 1. The zero-order valence-corrected chi connectivity index (χ0v) is 12.5. The second-order valence-electron chi connectivity index (χ2n) is 5.66. The van der Waals surface area contributed by atoms with Crippen molar-refractivity contribution in [2.75, 3.05) is 0 Å². The lowest BCUT2D eigenvalue weighted by Crippen LogP contribution is -2.40. The maximum atomic E-state index is 12.2. The maximum absolute atomic E-state index is 12.2. The molecule has 6 heteroatoms. The molecule has 0 radical (unpaired) electrons. The Bertz CT molecular complexity index is 689. The van der Waals surface area contributed by atoms with E-state index in [1.807, 2.05) is 18.2 Å². The van der Waals surface area contributed by atoms with Gasteiger partial charge in [0.05, 0.1) is 5.52 Å². The summed E-state index contributed by atoms with van der Waals surface area (Å²) < 4.78 is 5.24. The summed E-state index contributed by atoms with van der Waals surface area (Å²) in [6.07, 6.45) is 3.44. The summed E-state index contributed by atoms with van der Waals surface area (Å²) in [6.45, 7) is 1.58. The minimum atomic E-state index is -0.830. The van der Waals surface area contributed by atoms with Crippen molar-refractivity contribution in [1.29, 1.82) is 0 Å². The third-order valence-corrected chi connectivity index (χ3v) is 4.02. The van der Waals surface area contributed by atoms with Crippen LogP contribution in [-0.2, 0) is 9.53 Å². The van der Waals surface area contributed by atoms with Gasteiger partial charge < -0.3 is 10.1 Å². The first-order valence-electron chi connectivity index (χ1n) is 7.59. The van der Waals surface area contributed by atoms with E-state index in [1.54, 1.807) is 13.0 Å². The van der Waals surface area contributed by atoms with E-state index in [4.69, 9.17) is 4.74 Å². The van der Waals surface area contributed by atoms with Gasteiger partial charge in [-0.3, -0.25) is 9.89 Å². The number of esters is 1. The molecule has 1 aliphatic rings. The van der Waals surface area contributed by atoms with Crippen molar-refractivity contribution in [3.63, 3.8) is 0 Å². The third-order valence-electron chi connectivity index (χ3n) is 4.02. The molecular weight excluding hydrogens is 282 g/mol. The van der Waals surface area contributed by atoms with Crippen LogP contribution in [0.3, 0.4) is 0 Å². The van der Waals surface area contributed by atoms with E-state index in [2.05, 4.69) is 15.5 Å². The Labute approximate surface area is 128 Å². The number of carbonyl (C=O) groups is 2. The van der Waals surface area contributed by atoms with Crippen molar-refractivity contribution >= 4 is 22.8 Å². The van der Waals surface area contributed by atoms with Crippen LogP contribution in [0.1, 0.15) is 43.1 Å². The van der Waals surface area contributed by atoms with Crippen molar-refractivity contribution in [2.24, 2.45) is 0 Å². The van der Waals surface area contributed by atoms with E-state index in [1.165, 1.54) is 0 Å². The fourth-order valence-electron chi connectivity index (χ4n) is 2.78. The predicted molar refractivity (Wildman–Crippen MR) is 81.4 cm³/mol. The van der Waals surface area contributed by atoms with Crippen LogP contribution in [-0.4, -0.2) is 34.2 Å². The summed E-state index contributed by atoms with van der Waals surface area (Å²) in [6, 6.07) is 7.51. The number of aromatic amines is 1. The van der Waals surface area contributed by atoms with Crippen molar-refractivity contribution in [3.05, 3.63) is 30.0 Å². The van der Waals surface area contributed by atoms with Crippen molar-refractivity contribution < 1.29 is 14.3 Å². The largest absolute Gasteiger partial charge is 0.448 e.